The van der Waals surface area contributed by atoms with E-state index in [1.165, 1.54) is 5.56 Å². The predicted octanol–water partition coefficient (Wildman–Crippen LogP) is 1.13. The Morgan fingerprint density at radius 1 is 1.37 bits per heavy atom. The summed E-state index contributed by atoms with van der Waals surface area (Å²) in [6, 6.07) is 6.24. The molecule has 0 spiro atoms. The van der Waals surface area contributed by atoms with Crippen LogP contribution < -0.4 is 5.32 Å². The molecule has 4 heteroatoms. The van der Waals surface area contributed by atoms with Crippen LogP contribution in [0.2, 0.25) is 0 Å². The number of carboxylic acids is 1. The molecular formula is C15H20N2O2. The van der Waals surface area contributed by atoms with Crippen molar-refractivity contribution in [1.82, 2.24) is 10.2 Å². The number of piperazine rings is 1. The maximum absolute atomic E-state index is 12.0. The number of carboxylic acid groups (broad SMARTS) is 1. The van der Waals surface area contributed by atoms with Gasteiger partial charge in [-0.1, -0.05) is 23.8 Å². The standard InChI is InChI=1S/C15H20N2O2/c1-11-2-3-12-4-5-15(14(18)19,13(12)10-11)17-8-6-16-7-9-17/h2-3,10,16H,4-9H2,1H3,(H,18,19). The van der Waals surface area contributed by atoms with Crippen molar-refractivity contribution in [2.24, 2.45) is 0 Å². The lowest BCUT2D eigenvalue weighted by molar-refractivity contribution is -0.153. The molecule has 1 heterocycles. The van der Waals surface area contributed by atoms with E-state index < -0.39 is 11.5 Å². The van der Waals surface area contributed by atoms with Crippen LogP contribution in [0.4, 0.5) is 0 Å². The van der Waals surface area contributed by atoms with Gasteiger partial charge in [0.05, 0.1) is 0 Å². The number of benzene rings is 1. The molecule has 1 aliphatic carbocycles. The fourth-order valence-electron chi connectivity index (χ4n) is 3.48. The van der Waals surface area contributed by atoms with E-state index in [2.05, 4.69) is 28.4 Å². The summed E-state index contributed by atoms with van der Waals surface area (Å²) in [4.78, 5) is 14.2. The van der Waals surface area contributed by atoms with E-state index in [-0.39, 0.29) is 0 Å². The van der Waals surface area contributed by atoms with Gasteiger partial charge in [0, 0.05) is 26.2 Å². The predicted molar refractivity (Wildman–Crippen MR) is 73.3 cm³/mol. The van der Waals surface area contributed by atoms with Gasteiger partial charge >= 0.3 is 5.97 Å². The van der Waals surface area contributed by atoms with E-state index in [1.54, 1.807) is 0 Å². The lowest BCUT2D eigenvalue weighted by Crippen LogP contribution is -2.57. The number of aryl methyl sites for hydroxylation is 2. The molecule has 1 aromatic carbocycles. The van der Waals surface area contributed by atoms with Crippen LogP contribution in [-0.4, -0.2) is 42.2 Å². The number of nitrogens with one attached hydrogen (secondary N) is 1. The van der Waals surface area contributed by atoms with Gasteiger partial charge in [-0.3, -0.25) is 4.90 Å². The first-order valence-corrected chi connectivity index (χ1v) is 6.94. The van der Waals surface area contributed by atoms with Crippen LogP contribution in [0, 0.1) is 6.92 Å². The van der Waals surface area contributed by atoms with Crippen LogP contribution in [0.5, 0.6) is 0 Å². The SMILES string of the molecule is Cc1ccc2c(c1)C(C(=O)O)(N1CCNCC1)CC2. The highest BCUT2D eigenvalue weighted by molar-refractivity contribution is 5.82. The summed E-state index contributed by atoms with van der Waals surface area (Å²) in [5.74, 6) is -0.696. The van der Waals surface area contributed by atoms with Gasteiger partial charge < -0.3 is 10.4 Å². The first-order valence-electron chi connectivity index (χ1n) is 6.94. The smallest absolute Gasteiger partial charge is 0.328 e. The molecule has 1 aliphatic heterocycles. The van der Waals surface area contributed by atoms with Crippen molar-refractivity contribution in [3.63, 3.8) is 0 Å². The van der Waals surface area contributed by atoms with E-state index in [0.29, 0.717) is 6.42 Å². The summed E-state index contributed by atoms with van der Waals surface area (Å²) >= 11 is 0. The summed E-state index contributed by atoms with van der Waals surface area (Å²) in [6.07, 6.45) is 1.56. The van der Waals surface area contributed by atoms with Crippen molar-refractivity contribution in [3.05, 3.63) is 34.9 Å². The van der Waals surface area contributed by atoms with Gasteiger partial charge in [-0.25, -0.2) is 4.79 Å². The van der Waals surface area contributed by atoms with Crippen LogP contribution in [0.15, 0.2) is 18.2 Å². The number of hydrogen-bond donors (Lipinski definition) is 2. The van der Waals surface area contributed by atoms with E-state index in [1.807, 2.05) is 6.92 Å². The first kappa shape index (κ1) is 12.6. The van der Waals surface area contributed by atoms with Crippen LogP contribution >= 0.6 is 0 Å². The first-order chi connectivity index (χ1) is 9.14. The summed E-state index contributed by atoms with van der Waals surface area (Å²) in [5, 5.41) is 13.2. The number of fused-ring (bicyclic) bond motifs is 1. The van der Waals surface area contributed by atoms with Gasteiger partial charge in [-0.05, 0) is 30.9 Å². The maximum atomic E-state index is 12.0. The summed E-state index contributed by atoms with van der Waals surface area (Å²) < 4.78 is 0. The Morgan fingerprint density at radius 3 is 2.79 bits per heavy atom. The molecule has 0 radical (unpaired) electrons. The third-order valence-electron chi connectivity index (χ3n) is 4.48. The zero-order valence-corrected chi connectivity index (χ0v) is 11.3. The topological polar surface area (TPSA) is 52.6 Å². The highest BCUT2D eigenvalue weighted by Crippen LogP contribution is 2.42. The molecule has 19 heavy (non-hydrogen) atoms. The molecule has 1 aromatic rings. The third-order valence-corrected chi connectivity index (χ3v) is 4.48. The van der Waals surface area contributed by atoms with E-state index in [4.69, 9.17) is 0 Å². The Balaban J connectivity index is 2.08. The highest BCUT2D eigenvalue weighted by Gasteiger charge is 2.50. The second-order valence-electron chi connectivity index (χ2n) is 5.56. The van der Waals surface area contributed by atoms with Crippen molar-refractivity contribution in [3.8, 4) is 0 Å². The minimum Gasteiger partial charge on any atom is -0.480 e. The minimum atomic E-state index is -0.802. The molecule has 102 valence electrons. The number of rotatable bonds is 2. The lowest BCUT2D eigenvalue weighted by Gasteiger charge is -2.41. The lowest BCUT2D eigenvalue weighted by atomic mass is 9.88. The van der Waals surface area contributed by atoms with Crippen LogP contribution in [0.3, 0.4) is 0 Å². The Bertz CT molecular complexity index is 509. The number of aliphatic carboxylic acids is 1. The molecule has 3 rings (SSSR count). The molecule has 1 unspecified atom stereocenters. The van der Waals surface area contributed by atoms with Crippen molar-refractivity contribution >= 4 is 5.97 Å². The Labute approximate surface area is 113 Å². The van der Waals surface area contributed by atoms with E-state index in [9.17, 15) is 9.90 Å². The fourth-order valence-corrected chi connectivity index (χ4v) is 3.48. The molecule has 1 fully saturated rings. The van der Waals surface area contributed by atoms with Crippen LogP contribution in [0.25, 0.3) is 0 Å². The van der Waals surface area contributed by atoms with Gasteiger partial charge in [0.15, 0.2) is 0 Å². The molecular weight excluding hydrogens is 240 g/mol. The monoisotopic (exact) mass is 260 g/mol. The van der Waals surface area contributed by atoms with Gasteiger partial charge in [0.25, 0.3) is 0 Å². The van der Waals surface area contributed by atoms with Crippen LogP contribution in [0.1, 0.15) is 23.1 Å². The van der Waals surface area contributed by atoms with Crippen molar-refractivity contribution in [2.75, 3.05) is 26.2 Å². The largest absolute Gasteiger partial charge is 0.480 e. The quantitative estimate of drug-likeness (QED) is 0.837. The number of carbonyl (C=O) groups is 1. The molecule has 0 bridgehead atoms. The number of hydrogen-bond acceptors (Lipinski definition) is 3. The van der Waals surface area contributed by atoms with E-state index >= 15 is 0 Å². The Morgan fingerprint density at radius 2 is 2.11 bits per heavy atom. The fraction of sp³-hybridized carbons (Fsp3) is 0.533. The van der Waals surface area contributed by atoms with Gasteiger partial charge in [0.2, 0.25) is 0 Å². The zero-order valence-electron chi connectivity index (χ0n) is 11.3. The second-order valence-corrected chi connectivity index (χ2v) is 5.56. The average Bonchev–Trinajstić information content (AvgIpc) is 2.79. The number of nitrogens with zero attached hydrogens (tertiary/aromatic N) is 1. The minimum absolute atomic E-state index is 0.696. The average molecular weight is 260 g/mol. The molecule has 0 amide bonds. The summed E-state index contributed by atoms with van der Waals surface area (Å²) in [5.41, 5.74) is 2.55. The van der Waals surface area contributed by atoms with Crippen molar-refractivity contribution in [1.29, 1.82) is 0 Å². The molecule has 4 nitrogen and oxygen atoms in total. The molecule has 2 aliphatic rings. The second kappa shape index (κ2) is 4.62. The molecule has 0 aromatic heterocycles. The Hall–Kier alpha value is -1.39. The molecule has 1 saturated heterocycles. The molecule has 1 atom stereocenters. The molecule has 2 N–H and O–H groups in total. The Kier molecular flexibility index (Phi) is 3.07. The van der Waals surface area contributed by atoms with Crippen molar-refractivity contribution in [2.45, 2.75) is 25.3 Å². The normalized spacial score (nSPS) is 27.2. The molecule has 0 saturated carbocycles. The van der Waals surface area contributed by atoms with Gasteiger partial charge in [0.1, 0.15) is 5.54 Å². The van der Waals surface area contributed by atoms with Crippen LogP contribution in [-0.2, 0) is 16.8 Å². The highest BCUT2D eigenvalue weighted by atomic mass is 16.4. The zero-order chi connectivity index (χ0) is 13.5. The van der Waals surface area contributed by atoms with Crippen molar-refractivity contribution < 1.29 is 9.90 Å². The van der Waals surface area contributed by atoms with E-state index in [0.717, 1.165) is 43.7 Å². The third kappa shape index (κ3) is 1.86. The van der Waals surface area contributed by atoms with Gasteiger partial charge in [-0.15, -0.1) is 0 Å². The summed E-state index contributed by atoms with van der Waals surface area (Å²) in [7, 11) is 0. The van der Waals surface area contributed by atoms with Gasteiger partial charge in [-0.2, -0.15) is 0 Å². The maximum Gasteiger partial charge on any atom is 0.328 e. The summed E-state index contributed by atoms with van der Waals surface area (Å²) in [6.45, 7) is 5.38.